The van der Waals surface area contributed by atoms with E-state index in [1.165, 1.54) is 29.4 Å². The van der Waals surface area contributed by atoms with Crippen LogP contribution in [0.5, 0.6) is 5.75 Å². The second-order valence-electron chi connectivity index (χ2n) is 7.16. The molecule has 1 heterocycles. The van der Waals surface area contributed by atoms with Crippen LogP contribution in [0.4, 0.5) is 4.79 Å². The van der Waals surface area contributed by atoms with Crippen LogP contribution < -0.4 is 4.74 Å². The molecule has 1 N–H and O–H groups in total. The van der Waals surface area contributed by atoms with E-state index in [1.807, 2.05) is 36.4 Å². The maximum atomic E-state index is 11.2. The fourth-order valence-corrected chi connectivity index (χ4v) is 3.31. The van der Waals surface area contributed by atoms with Gasteiger partial charge in [0, 0.05) is 19.5 Å². The lowest BCUT2D eigenvalue weighted by Crippen LogP contribution is -2.35. The number of aliphatic hydroxyl groups is 1. The highest BCUT2D eigenvalue weighted by molar-refractivity contribution is 5.96. The number of carbonyl (C=O) groups is 1. The maximum Gasteiger partial charge on any atom is 0.513 e. The molecule has 0 bridgehead atoms. The summed E-state index contributed by atoms with van der Waals surface area (Å²) in [6.07, 6.45) is 1.77. The van der Waals surface area contributed by atoms with Crippen molar-refractivity contribution in [2.75, 3.05) is 33.9 Å². The molecule has 0 spiro atoms. The first-order valence-electron chi connectivity index (χ1n) is 9.80. The summed E-state index contributed by atoms with van der Waals surface area (Å²) in [5, 5.41) is 9.85. The summed E-state index contributed by atoms with van der Waals surface area (Å²) in [6.45, 7) is 3.88. The molecule has 1 aliphatic heterocycles. The van der Waals surface area contributed by atoms with Gasteiger partial charge in [-0.25, -0.2) is 4.79 Å². The molecule has 0 saturated carbocycles. The van der Waals surface area contributed by atoms with E-state index in [4.69, 9.17) is 9.47 Å². The molecule has 166 valence electrons. The quantitative estimate of drug-likeness (QED) is 0.650. The van der Waals surface area contributed by atoms with Crippen molar-refractivity contribution in [1.29, 1.82) is 0 Å². The van der Waals surface area contributed by atoms with Crippen LogP contribution in [0.3, 0.4) is 0 Å². The lowest BCUT2D eigenvalue weighted by Gasteiger charge is -2.31. The predicted molar refractivity (Wildman–Crippen MR) is 123 cm³/mol. The maximum absolute atomic E-state index is 11.2. The third-order valence-electron chi connectivity index (χ3n) is 5.00. The van der Waals surface area contributed by atoms with E-state index in [-0.39, 0.29) is 23.9 Å². The number of carbonyl (C=O) groups excluding carboxylic acids is 1. The van der Waals surface area contributed by atoms with Crippen LogP contribution in [-0.4, -0.2) is 50.0 Å². The van der Waals surface area contributed by atoms with Crippen LogP contribution in [0.1, 0.15) is 23.1 Å². The average molecular weight is 446 g/mol. The number of hydrogen-bond donors (Lipinski definition) is 1. The largest absolute Gasteiger partial charge is 0.513 e. The van der Waals surface area contributed by atoms with E-state index >= 15 is 0 Å². The van der Waals surface area contributed by atoms with Gasteiger partial charge >= 0.3 is 6.16 Å². The van der Waals surface area contributed by atoms with Crippen LogP contribution in [0.25, 0.3) is 11.6 Å². The molecule has 6 nitrogen and oxygen atoms in total. The summed E-state index contributed by atoms with van der Waals surface area (Å²) in [7, 11) is 2.89. The Balaban J connectivity index is 0.000000364. The SMILES string of the molecule is COC(=O)OC1=C(O)CCN(CC2=Cc3ccc(OC)cc32)C1.Cc1ccccc1.Cl. The monoisotopic (exact) mass is 445 g/mol. The summed E-state index contributed by atoms with van der Waals surface area (Å²) < 4.78 is 14.7. The van der Waals surface area contributed by atoms with Crippen molar-refractivity contribution in [1.82, 2.24) is 4.90 Å². The van der Waals surface area contributed by atoms with Gasteiger partial charge in [-0.2, -0.15) is 0 Å². The Hall–Kier alpha value is -2.96. The molecular weight excluding hydrogens is 418 g/mol. The Morgan fingerprint density at radius 1 is 1.13 bits per heavy atom. The smallest absolute Gasteiger partial charge is 0.509 e. The van der Waals surface area contributed by atoms with Crippen molar-refractivity contribution in [2.45, 2.75) is 13.3 Å². The topological polar surface area (TPSA) is 68.2 Å². The molecule has 0 radical (unpaired) electrons. The van der Waals surface area contributed by atoms with E-state index < -0.39 is 6.16 Å². The Morgan fingerprint density at radius 2 is 1.87 bits per heavy atom. The molecule has 31 heavy (non-hydrogen) atoms. The first-order chi connectivity index (χ1) is 14.5. The van der Waals surface area contributed by atoms with Crippen LogP contribution in [-0.2, 0) is 9.47 Å². The van der Waals surface area contributed by atoms with Crippen molar-refractivity contribution in [3.8, 4) is 5.75 Å². The van der Waals surface area contributed by atoms with E-state index in [1.54, 1.807) is 7.11 Å². The average Bonchev–Trinajstić information content (AvgIpc) is 2.75. The molecule has 2 aliphatic rings. The van der Waals surface area contributed by atoms with Crippen molar-refractivity contribution in [2.24, 2.45) is 0 Å². The summed E-state index contributed by atoms with van der Waals surface area (Å²) in [5.41, 5.74) is 4.90. The van der Waals surface area contributed by atoms with Crippen molar-refractivity contribution in [3.05, 3.63) is 76.7 Å². The third kappa shape index (κ3) is 6.51. The van der Waals surface area contributed by atoms with Gasteiger partial charge in [-0.15, -0.1) is 12.4 Å². The first-order valence-corrected chi connectivity index (χ1v) is 9.80. The molecule has 0 fully saturated rings. The van der Waals surface area contributed by atoms with Gasteiger partial charge in [0.1, 0.15) is 11.5 Å². The standard InChI is InChI=1S/C17H19NO5.C7H8.ClH/c1-21-13-4-3-11-7-12(14(11)8-13)9-18-6-5-15(19)16(10-18)23-17(20)22-2;1-7-5-3-2-4-6-7;/h3-4,7-8,19H,5-6,9-10H2,1-2H3;2-6H,1H3;1H. The number of hydrogen-bond acceptors (Lipinski definition) is 6. The summed E-state index contributed by atoms with van der Waals surface area (Å²) in [5.74, 6) is 1.20. The van der Waals surface area contributed by atoms with Crippen LogP contribution in [0.2, 0.25) is 0 Å². The number of aryl methyl sites for hydroxylation is 1. The lowest BCUT2D eigenvalue weighted by molar-refractivity contribution is 0.0805. The van der Waals surface area contributed by atoms with Gasteiger partial charge in [-0.3, -0.25) is 4.90 Å². The van der Waals surface area contributed by atoms with E-state index in [0.717, 1.165) is 12.3 Å². The van der Waals surface area contributed by atoms with Crippen LogP contribution >= 0.6 is 12.4 Å². The van der Waals surface area contributed by atoms with Gasteiger partial charge in [-0.1, -0.05) is 42.0 Å². The Bertz CT molecular complexity index is 956. The van der Waals surface area contributed by atoms with E-state index in [9.17, 15) is 9.90 Å². The fourth-order valence-electron chi connectivity index (χ4n) is 3.31. The number of methoxy groups -OCH3 is 2. The molecule has 4 rings (SSSR count). The molecule has 0 atom stereocenters. The first kappa shape index (κ1) is 24.3. The van der Waals surface area contributed by atoms with E-state index in [2.05, 4.69) is 34.8 Å². The number of halogens is 1. The Kier molecular flexibility index (Phi) is 8.97. The van der Waals surface area contributed by atoms with Gasteiger partial charge in [0.15, 0.2) is 5.76 Å². The predicted octanol–water partition coefficient (Wildman–Crippen LogP) is 5.22. The highest BCUT2D eigenvalue weighted by Crippen LogP contribution is 2.36. The number of aliphatic hydroxyl groups excluding tert-OH is 1. The molecule has 0 amide bonds. The van der Waals surface area contributed by atoms with Crippen LogP contribution in [0, 0.1) is 6.92 Å². The van der Waals surface area contributed by atoms with E-state index in [0.29, 0.717) is 19.5 Å². The summed E-state index contributed by atoms with van der Waals surface area (Å²) >= 11 is 0. The molecule has 0 aromatic heterocycles. The number of fused-ring (bicyclic) bond motifs is 1. The van der Waals surface area contributed by atoms with Crippen molar-refractivity contribution in [3.63, 3.8) is 0 Å². The minimum Gasteiger partial charge on any atom is -0.509 e. The Morgan fingerprint density at radius 3 is 2.48 bits per heavy atom. The van der Waals surface area contributed by atoms with Gasteiger partial charge in [0.2, 0.25) is 0 Å². The summed E-state index contributed by atoms with van der Waals surface area (Å²) in [4.78, 5) is 13.3. The molecule has 2 aromatic carbocycles. The van der Waals surface area contributed by atoms with Gasteiger partial charge < -0.3 is 19.3 Å². The molecular formula is C24H28ClNO5. The minimum absolute atomic E-state index is 0. The zero-order valence-corrected chi connectivity index (χ0v) is 18.8. The van der Waals surface area contributed by atoms with Gasteiger partial charge in [0.25, 0.3) is 0 Å². The lowest BCUT2D eigenvalue weighted by atomic mass is 9.88. The van der Waals surface area contributed by atoms with Crippen molar-refractivity contribution < 1.29 is 24.1 Å². The second-order valence-corrected chi connectivity index (χ2v) is 7.16. The zero-order valence-electron chi connectivity index (χ0n) is 18.0. The zero-order chi connectivity index (χ0) is 21.5. The second kappa shape index (κ2) is 11.4. The number of nitrogens with zero attached hydrogens (tertiary/aromatic N) is 1. The highest BCUT2D eigenvalue weighted by atomic mass is 35.5. The van der Waals surface area contributed by atoms with Crippen LogP contribution in [0.15, 0.2) is 60.0 Å². The molecule has 2 aromatic rings. The molecule has 0 saturated heterocycles. The minimum atomic E-state index is -0.814. The van der Waals surface area contributed by atoms with Gasteiger partial charge in [-0.05, 0) is 41.8 Å². The number of rotatable bonds is 4. The van der Waals surface area contributed by atoms with Gasteiger partial charge in [0.05, 0.1) is 20.8 Å². The van der Waals surface area contributed by atoms with Crippen molar-refractivity contribution >= 4 is 30.2 Å². The summed E-state index contributed by atoms with van der Waals surface area (Å²) in [6, 6.07) is 16.3. The highest BCUT2D eigenvalue weighted by Gasteiger charge is 2.25. The Labute approximate surface area is 189 Å². The third-order valence-corrected chi connectivity index (χ3v) is 5.00. The molecule has 7 heteroatoms. The molecule has 1 aliphatic carbocycles. The fraction of sp³-hybridized carbons (Fsp3) is 0.292. The number of ether oxygens (including phenoxy) is 3. The number of benzene rings is 2. The normalized spacial score (nSPS) is 14.6. The molecule has 0 unspecified atom stereocenters.